The Labute approximate surface area is 157 Å². The monoisotopic (exact) mass is 360 g/mol. The number of para-hydroxylation sites is 1. The summed E-state index contributed by atoms with van der Waals surface area (Å²) in [6.45, 7) is 2.30. The maximum atomic E-state index is 12.5. The summed E-state index contributed by atoms with van der Waals surface area (Å²) in [4.78, 5) is 33.0. The Balaban J connectivity index is 1.65. The molecule has 0 spiro atoms. The second-order valence-electron chi connectivity index (χ2n) is 6.03. The predicted octanol–water partition coefficient (Wildman–Crippen LogP) is 3.01. The molecule has 136 valence electrons. The van der Waals surface area contributed by atoms with E-state index in [1.807, 2.05) is 30.3 Å². The van der Waals surface area contributed by atoms with Gasteiger partial charge in [-0.25, -0.2) is 4.98 Å². The van der Waals surface area contributed by atoms with Crippen LogP contribution in [0.5, 0.6) is 0 Å². The van der Waals surface area contributed by atoms with Crippen molar-refractivity contribution in [1.29, 1.82) is 0 Å². The Morgan fingerprint density at radius 2 is 1.63 bits per heavy atom. The number of hydrogen-bond donors (Lipinski definition) is 2. The fourth-order valence-electron chi connectivity index (χ4n) is 2.55. The maximum absolute atomic E-state index is 12.5. The van der Waals surface area contributed by atoms with Gasteiger partial charge in [0, 0.05) is 12.7 Å². The smallest absolute Gasteiger partial charge is 0.275 e. The van der Waals surface area contributed by atoms with Crippen LogP contribution in [0.3, 0.4) is 0 Å². The van der Waals surface area contributed by atoms with Crippen LogP contribution in [0, 0.1) is 6.92 Å². The fraction of sp³-hybridized carbons (Fsp3) is 0.143. The van der Waals surface area contributed by atoms with Crippen molar-refractivity contribution in [2.75, 3.05) is 11.9 Å². The Kier molecular flexibility index (Phi) is 5.89. The normalized spacial score (nSPS) is 10.3. The second-order valence-corrected chi connectivity index (χ2v) is 6.03. The number of rotatable bonds is 6. The summed E-state index contributed by atoms with van der Waals surface area (Å²) in [6.07, 6.45) is 3.67. The van der Waals surface area contributed by atoms with Gasteiger partial charge >= 0.3 is 0 Å². The van der Waals surface area contributed by atoms with E-state index in [1.54, 1.807) is 31.2 Å². The molecule has 0 unspecified atom stereocenters. The van der Waals surface area contributed by atoms with E-state index >= 15 is 0 Å². The highest BCUT2D eigenvalue weighted by Gasteiger charge is 2.14. The zero-order chi connectivity index (χ0) is 19.1. The highest BCUT2D eigenvalue weighted by Crippen LogP contribution is 2.16. The van der Waals surface area contributed by atoms with Gasteiger partial charge in [0.05, 0.1) is 23.1 Å². The van der Waals surface area contributed by atoms with Gasteiger partial charge in [-0.3, -0.25) is 14.6 Å². The van der Waals surface area contributed by atoms with E-state index in [2.05, 4.69) is 20.6 Å². The standard InChI is InChI=1S/C21H20N4O2/c1-15-13-24-19(14-23-15)21(27)25-18-10-6-5-9-17(18)20(26)22-12-11-16-7-3-2-4-8-16/h2-10,13-14H,11-12H2,1H3,(H,22,26)(H,25,27). The molecular formula is C21H20N4O2. The van der Waals surface area contributed by atoms with Crippen molar-refractivity contribution in [3.63, 3.8) is 0 Å². The highest BCUT2D eigenvalue weighted by molar-refractivity contribution is 6.08. The fourth-order valence-corrected chi connectivity index (χ4v) is 2.55. The molecule has 0 aliphatic carbocycles. The van der Waals surface area contributed by atoms with Gasteiger partial charge in [0.2, 0.25) is 0 Å². The van der Waals surface area contributed by atoms with Gasteiger partial charge in [0.25, 0.3) is 11.8 Å². The Morgan fingerprint density at radius 1 is 0.889 bits per heavy atom. The SMILES string of the molecule is Cc1cnc(C(=O)Nc2ccccc2C(=O)NCCc2ccccc2)cn1. The van der Waals surface area contributed by atoms with Gasteiger partial charge in [-0.05, 0) is 31.0 Å². The molecule has 1 aromatic heterocycles. The number of aromatic nitrogens is 2. The minimum absolute atomic E-state index is 0.194. The van der Waals surface area contributed by atoms with Crippen molar-refractivity contribution in [2.45, 2.75) is 13.3 Å². The van der Waals surface area contributed by atoms with E-state index in [-0.39, 0.29) is 11.6 Å². The number of carbonyl (C=O) groups excluding carboxylic acids is 2. The Hall–Kier alpha value is -3.54. The molecule has 0 aliphatic heterocycles. The summed E-state index contributed by atoms with van der Waals surface area (Å²) in [5.74, 6) is -0.649. The number of carbonyl (C=O) groups is 2. The van der Waals surface area contributed by atoms with Gasteiger partial charge < -0.3 is 10.6 Å². The molecule has 0 aliphatic rings. The van der Waals surface area contributed by atoms with E-state index in [0.717, 1.165) is 17.7 Å². The molecule has 2 aromatic carbocycles. The van der Waals surface area contributed by atoms with Gasteiger partial charge in [-0.2, -0.15) is 0 Å². The molecule has 3 rings (SSSR count). The molecule has 3 aromatic rings. The average molecular weight is 360 g/mol. The molecule has 27 heavy (non-hydrogen) atoms. The van der Waals surface area contributed by atoms with Crippen LogP contribution in [0.1, 0.15) is 32.1 Å². The van der Waals surface area contributed by atoms with Crippen molar-refractivity contribution < 1.29 is 9.59 Å². The number of benzene rings is 2. The lowest BCUT2D eigenvalue weighted by Gasteiger charge is -2.11. The third-order valence-electron chi connectivity index (χ3n) is 3.98. The Morgan fingerprint density at radius 3 is 2.37 bits per heavy atom. The van der Waals surface area contributed by atoms with E-state index in [0.29, 0.717) is 17.8 Å². The molecule has 0 saturated carbocycles. The summed E-state index contributed by atoms with van der Waals surface area (Å²) in [6, 6.07) is 16.8. The lowest BCUT2D eigenvalue weighted by Crippen LogP contribution is -2.27. The van der Waals surface area contributed by atoms with Gasteiger partial charge in [-0.1, -0.05) is 42.5 Å². The molecule has 2 N–H and O–H groups in total. The third kappa shape index (κ3) is 4.98. The highest BCUT2D eigenvalue weighted by atomic mass is 16.2. The summed E-state index contributed by atoms with van der Waals surface area (Å²) < 4.78 is 0. The van der Waals surface area contributed by atoms with Crippen molar-refractivity contribution in [2.24, 2.45) is 0 Å². The first-order valence-electron chi connectivity index (χ1n) is 8.64. The zero-order valence-electron chi connectivity index (χ0n) is 15.0. The van der Waals surface area contributed by atoms with E-state index in [9.17, 15) is 9.59 Å². The number of aryl methyl sites for hydroxylation is 1. The minimum atomic E-state index is -0.410. The molecular weight excluding hydrogens is 340 g/mol. The number of hydrogen-bond acceptors (Lipinski definition) is 4. The molecule has 0 bridgehead atoms. The summed E-state index contributed by atoms with van der Waals surface area (Å²) in [5.41, 5.74) is 2.91. The van der Waals surface area contributed by atoms with Crippen molar-refractivity contribution in [1.82, 2.24) is 15.3 Å². The van der Waals surface area contributed by atoms with E-state index in [4.69, 9.17) is 0 Å². The first-order chi connectivity index (χ1) is 13.1. The van der Waals surface area contributed by atoms with E-state index < -0.39 is 5.91 Å². The first kappa shape index (κ1) is 18.3. The summed E-state index contributed by atoms with van der Waals surface area (Å²) in [7, 11) is 0. The predicted molar refractivity (Wildman–Crippen MR) is 104 cm³/mol. The molecule has 2 amide bonds. The van der Waals surface area contributed by atoms with Crippen LogP contribution in [-0.2, 0) is 6.42 Å². The van der Waals surface area contributed by atoms with E-state index in [1.165, 1.54) is 12.4 Å². The van der Waals surface area contributed by atoms with Crippen LogP contribution in [-0.4, -0.2) is 28.3 Å². The van der Waals surface area contributed by atoms with Crippen LogP contribution < -0.4 is 10.6 Å². The molecule has 6 nitrogen and oxygen atoms in total. The second kappa shape index (κ2) is 8.71. The minimum Gasteiger partial charge on any atom is -0.352 e. The largest absolute Gasteiger partial charge is 0.352 e. The maximum Gasteiger partial charge on any atom is 0.275 e. The molecule has 0 atom stereocenters. The lowest BCUT2D eigenvalue weighted by molar-refractivity contribution is 0.0955. The summed E-state index contributed by atoms with van der Waals surface area (Å²) >= 11 is 0. The van der Waals surface area contributed by atoms with Gasteiger partial charge in [0.15, 0.2) is 0 Å². The van der Waals surface area contributed by atoms with Crippen LogP contribution in [0.15, 0.2) is 67.0 Å². The zero-order valence-corrected chi connectivity index (χ0v) is 15.0. The lowest BCUT2D eigenvalue weighted by atomic mass is 10.1. The van der Waals surface area contributed by atoms with Gasteiger partial charge in [-0.15, -0.1) is 0 Å². The van der Waals surface area contributed by atoms with Crippen LogP contribution in [0.4, 0.5) is 5.69 Å². The van der Waals surface area contributed by atoms with Crippen LogP contribution in [0.2, 0.25) is 0 Å². The van der Waals surface area contributed by atoms with Crippen molar-refractivity contribution in [3.05, 3.63) is 89.5 Å². The number of anilines is 1. The molecule has 0 saturated heterocycles. The number of amides is 2. The molecule has 6 heteroatoms. The topological polar surface area (TPSA) is 84.0 Å². The third-order valence-corrected chi connectivity index (χ3v) is 3.98. The van der Waals surface area contributed by atoms with Crippen LogP contribution >= 0.6 is 0 Å². The van der Waals surface area contributed by atoms with Gasteiger partial charge in [0.1, 0.15) is 5.69 Å². The Bertz CT molecular complexity index is 924. The molecule has 0 radical (unpaired) electrons. The number of nitrogens with zero attached hydrogens (tertiary/aromatic N) is 2. The molecule has 1 heterocycles. The van der Waals surface area contributed by atoms with Crippen LogP contribution in [0.25, 0.3) is 0 Å². The average Bonchev–Trinajstić information content (AvgIpc) is 2.69. The molecule has 0 fully saturated rings. The van der Waals surface area contributed by atoms with Crippen molar-refractivity contribution in [3.8, 4) is 0 Å². The first-order valence-corrected chi connectivity index (χ1v) is 8.64. The quantitative estimate of drug-likeness (QED) is 0.708. The number of nitrogens with one attached hydrogen (secondary N) is 2. The summed E-state index contributed by atoms with van der Waals surface area (Å²) in [5, 5.41) is 5.62. The van der Waals surface area contributed by atoms with Crippen molar-refractivity contribution >= 4 is 17.5 Å².